The standard InChI is InChI=1S/C17H29N3O3S.HI/c1-2-7-18-16(19-12-15-3-11-24(21,22)13-15)20-8-4-17(14-20)5-9-23-10-6-17;/h2,15H,1,3-14H2,(H,18,19);1H. The Morgan fingerprint density at radius 1 is 1.36 bits per heavy atom. The second-order valence-corrected chi connectivity index (χ2v) is 9.62. The summed E-state index contributed by atoms with van der Waals surface area (Å²) in [7, 11) is -2.83. The first-order chi connectivity index (χ1) is 11.5. The van der Waals surface area contributed by atoms with Gasteiger partial charge < -0.3 is 15.0 Å². The van der Waals surface area contributed by atoms with Crippen LogP contribution in [0.4, 0.5) is 0 Å². The average Bonchev–Trinajstić information content (AvgIpc) is 3.12. The van der Waals surface area contributed by atoms with Crippen molar-refractivity contribution in [1.82, 2.24) is 10.2 Å². The largest absolute Gasteiger partial charge is 0.381 e. The molecule has 0 aliphatic carbocycles. The van der Waals surface area contributed by atoms with Gasteiger partial charge in [0.2, 0.25) is 0 Å². The van der Waals surface area contributed by atoms with Crippen LogP contribution < -0.4 is 5.32 Å². The summed E-state index contributed by atoms with van der Waals surface area (Å²) in [6.07, 6.45) is 6.00. The van der Waals surface area contributed by atoms with Gasteiger partial charge in [-0.2, -0.15) is 0 Å². The topological polar surface area (TPSA) is 71.0 Å². The van der Waals surface area contributed by atoms with Crippen molar-refractivity contribution in [1.29, 1.82) is 0 Å². The van der Waals surface area contributed by atoms with E-state index in [2.05, 4.69) is 16.8 Å². The highest BCUT2D eigenvalue weighted by molar-refractivity contribution is 14.0. The van der Waals surface area contributed by atoms with Crippen LogP contribution in [0.3, 0.4) is 0 Å². The highest BCUT2D eigenvalue weighted by Gasteiger charge is 2.40. The molecule has 1 N–H and O–H groups in total. The Morgan fingerprint density at radius 3 is 2.76 bits per heavy atom. The molecule has 6 nitrogen and oxygen atoms in total. The van der Waals surface area contributed by atoms with E-state index in [1.165, 1.54) is 6.42 Å². The molecule has 144 valence electrons. The summed E-state index contributed by atoms with van der Waals surface area (Å²) >= 11 is 0. The Kier molecular flexibility index (Phi) is 7.57. The van der Waals surface area contributed by atoms with Gasteiger partial charge in [-0.25, -0.2) is 8.42 Å². The number of nitrogens with one attached hydrogen (secondary N) is 1. The minimum Gasteiger partial charge on any atom is -0.381 e. The summed E-state index contributed by atoms with van der Waals surface area (Å²) in [5.74, 6) is 1.67. The zero-order chi connectivity index (χ0) is 17.0. The van der Waals surface area contributed by atoms with Crippen LogP contribution in [0, 0.1) is 11.3 Å². The third-order valence-electron chi connectivity index (χ3n) is 5.52. The monoisotopic (exact) mass is 483 g/mol. The lowest BCUT2D eigenvalue weighted by Gasteiger charge is -2.33. The van der Waals surface area contributed by atoms with E-state index in [-0.39, 0.29) is 35.6 Å². The van der Waals surface area contributed by atoms with Gasteiger partial charge in [0.1, 0.15) is 0 Å². The average molecular weight is 483 g/mol. The highest BCUT2D eigenvalue weighted by Crippen LogP contribution is 2.39. The fraction of sp³-hybridized carbons (Fsp3) is 0.824. The van der Waals surface area contributed by atoms with Crippen molar-refractivity contribution in [2.75, 3.05) is 50.9 Å². The van der Waals surface area contributed by atoms with E-state index in [0.29, 0.717) is 24.3 Å². The molecule has 1 spiro atoms. The second-order valence-electron chi connectivity index (χ2n) is 7.39. The van der Waals surface area contributed by atoms with Gasteiger partial charge in [0.15, 0.2) is 15.8 Å². The van der Waals surface area contributed by atoms with Gasteiger partial charge >= 0.3 is 0 Å². The second kappa shape index (κ2) is 9.03. The Bertz CT molecular complexity index is 588. The van der Waals surface area contributed by atoms with Gasteiger partial charge in [-0.05, 0) is 37.0 Å². The summed E-state index contributed by atoms with van der Waals surface area (Å²) in [4.78, 5) is 7.09. The van der Waals surface area contributed by atoms with E-state index in [9.17, 15) is 8.42 Å². The third-order valence-corrected chi connectivity index (χ3v) is 7.36. The molecule has 0 aromatic rings. The fourth-order valence-corrected chi connectivity index (χ4v) is 5.84. The van der Waals surface area contributed by atoms with Gasteiger partial charge in [0, 0.05) is 39.4 Å². The molecule has 3 saturated heterocycles. The maximum absolute atomic E-state index is 11.6. The van der Waals surface area contributed by atoms with Crippen LogP contribution in [-0.2, 0) is 14.6 Å². The molecule has 3 aliphatic rings. The van der Waals surface area contributed by atoms with E-state index in [4.69, 9.17) is 9.73 Å². The Morgan fingerprint density at radius 2 is 2.12 bits per heavy atom. The predicted molar refractivity (Wildman–Crippen MR) is 111 cm³/mol. The van der Waals surface area contributed by atoms with E-state index >= 15 is 0 Å². The van der Waals surface area contributed by atoms with Gasteiger partial charge in [-0.3, -0.25) is 4.99 Å². The number of aliphatic imine (C=N–C) groups is 1. The minimum atomic E-state index is -2.83. The first kappa shape index (κ1) is 21.0. The molecule has 0 bridgehead atoms. The molecule has 0 aromatic heterocycles. The van der Waals surface area contributed by atoms with Crippen LogP contribution in [0.5, 0.6) is 0 Å². The lowest BCUT2D eigenvalue weighted by molar-refractivity contribution is 0.0218. The number of halogens is 1. The van der Waals surface area contributed by atoms with Gasteiger partial charge in [-0.1, -0.05) is 6.08 Å². The van der Waals surface area contributed by atoms with Crippen molar-refractivity contribution < 1.29 is 13.2 Å². The van der Waals surface area contributed by atoms with Crippen LogP contribution in [-0.4, -0.2) is 70.2 Å². The summed E-state index contributed by atoms with van der Waals surface area (Å²) in [6, 6.07) is 0. The molecule has 3 fully saturated rings. The summed E-state index contributed by atoms with van der Waals surface area (Å²) < 4.78 is 28.8. The predicted octanol–water partition coefficient (Wildman–Crippen LogP) is 1.67. The van der Waals surface area contributed by atoms with Crippen molar-refractivity contribution >= 4 is 39.8 Å². The van der Waals surface area contributed by atoms with Crippen LogP contribution >= 0.6 is 24.0 Å². The fourth-order valence-electron chi connectivity index (χ4n) is 3.99. The normalized spacial score (nSPS) is 27.9. The molecule has 3 heterocycles. The van der Waals surface area contributed by atoms with Crippen LogP contribution in [0.25, 0.3) is 0 Å². The smallest absolute Gasteiger partial charge is 0.194 e. The van der Waals surface area contributed by atoms with Crippen LogP contribution in [0.2, 0.25) is 0 Å². The van der Waals surface area contributed by atoms with Gasteiger partial charge in [0.05, 0.1) is 11.5 Å². The summed E-state index contributed by atoms with van der Waals surface area (Å²) in [5, 5.41) is 3.36. The number of hydrogen-bond donors (Lipinski definition) is 1. The maximum atomic E-state index is 11.6. The number of nitrogens with zero attached hydrogens (tertiary/aromatic N) is 2. The van der Waals surface area contributed by atoms with Gasteiger partial charge in [-0.15, -0.1) is 30.6 Å². The molecule has 0 saturated carbocycles. The van der Waals surface area contributed by atoms with E-state index in [1.54, 1.807) is 0 Å². The lowest BCUT2D eigenvalue weighted by Crippen LogP contribution is -2.42. The first-order valence-corrected chi connectivity index (χ1v) is 10.8. The van der Waals surface area contributed by atoms with Gasteiger partial charge in [0.25, 0.3) is 0 Å². The Hall–Kier alpha value is -0.350. The quantitative estimate of drug-likeness (QED) is 0.285. The molecule has 25 heavy (non-hydrogen) atoms. The number of likely N-dealkylation sites (tertiary alicyclic amines) is 1. The van der Waals surface area contributed by atoms with Crippen molar-refractivity contribution in [2.45, 2.75) is 25.7 Å². The van der Waals surface area contributed by atoms with Crippen LogP contribution in [0.1, 0.15) is 25.7 Å². The SMILES string of the molecule is C=CCNC(=NCC1CCS(=O)(=O)C1)N1CCC2(CCOCC2)C1.I. The number of sulfone groups is 1. The summed E-state index contributed by atoms with van der Waals surface area (Å²) in [6.45, 7) is 8.78. The lowest BCUT2D eigenvalue weighted by atomic mass is 9.80. The zero-order valence-electron chi connectivity index (χ0n) is 14.8. The number of rotatable bonds is 4. The third kappa shape index (κ3) is 5.56. The Balaban J connectivity index is 0.00000225. The van der Waals surface area contributed by atoms with Crippen molar-refractivity contribution in [3.63, 3.8) is 0 Å². The number of hydrogen-bond acceptors (Lipinski definition) is 4. The number of guanidine groups is 1. The van der Waals surface area contributed by atoms with Crippen LogP contribution in [0.15, 0.2) is 17.6 Å². The maximum Gasteiger partial charge on any atom is 0.194 e. The zero-order valence-corrected chi connectivity index (χ0v) is 17.9. The van der Waals surface area contributed by atoms with Crippen molar-refractivity contribution in [3.05, 3.63) is 12.7 Å². The molecule has 0 amide bonds. The molecular formula is C17H30IN3O3S. The molecule has 0 aromatic carbocycles. The molecule has 3 aliphatic heterocycles. The molecule has 0 radical (unpaired) electrons. The molecule has 3 rings (SSSR count). The molecule has 1 unspecified atom stereocenters. The van der Waals surface area contributed by atoms with E-state index in [0.717, 1.165) is 51.5 Å². The van der Waals surface area contributed by atoms with E-state index < -0.39 is 9.84 Å². The first-order valence-electron chi connectivity index (χ1n) is 8.94. The summed E-state index contributed by atoms with van der Waals surface area (Å²) in [5.41, 5.74) is 0.367. The molecular weight excluding hydrogens is 453 g/mol. The Labute approximate surface area is 168 Å². The van der Waals surface area contributed by atoms with Crippen molar-refractivity contribution in [3.8, 4) is 0 Å². The van der Waals surface area contributed by atoms with E-state index in [1.807, 2.05) is 6.08 Å². The highest BCUT2D eigenvalue weighted by atomic mass is 127. The van der Waals surface area contributed by atoms with Crippen molar-refractivity contribution in [2.24, 2.45) is 16.3 Å². The minimum absolute atomic E-state index is 0. The molecule has 8 heteroatoms. The molecule has 1 atom stereocenters. The number of ether oxygens (including phenoxy) is 1.